The van der Waals surface area contributed by atoms with E-state index in [9.17, 15) is 13.2 Å². The van der Waals surface area contributed by atoms with Crippen LogP contribution in [-0.2, 0) is 21.2 Å². The van der Waals surface area contributed by atoms with Crippen molar-refractivity contribution in [1.82, 2.24) is 5.32 Å². The monoisotopic (exact) mass is 480 g/mol. The van der Waals surface area contributed by atoms with E-state index in [1.54, 1.807) is 43.5 Å². The Morgan fingerprint density at radius 2 is 1.56 bits per heavy atom. The summed E-state index contributed by atoms with van der Waals surface area (Å²) >= 11 is 0. The van der Waals surface area contributed by atoms with Crippen LogP contribution in [0, 0.1) is 20.8 Å². The molecule has 3 rings (SSSR count). The van der Waals surface area contributed by atoms with Gasteiger partial charge in [-0.1, -0.05) is 42.0 Å². The van der Waals surface area contributed by atoms with E-state index in [1.807, 2.05) is 51.1 Å². The van der Waals surface area contributed by atoms with Gasteiger partial charge in [-0.05, 0) is 80.6 Å². The number of sulfonamides is 1. The van der Waals surface area contributed by atoms with Crippen LogP contribution >= 0.6 is 0 Å². The van der Waals surface area contributed by atoms with Gasteiger partial charge in [-0.25, -0.2) is 8.42 Å². The van der Waals surface area contributed by atoms with Gasteiger partial charge in [0.25, 0.3) is 10.0 Å². The molecule has 0 aliphatic carbocycles. The van der Waals surface area contributed by atoms with Gasteiger partial charge < -0.3 is 10.1 Å². The molecule has 0 radical (unpaired) electrons. The number of amides is 1. The maximum atomic E-state index is 13.5. The maximum absolute atomic E-state index is 13.5. The van der Waals surface area contributed by atoms with Crippen LogP contribution in [0.1, 0.15) is 28.7 Å². The molecule has 0 saturated carbocycles. The van der Waals surface area contributed by atoms with E-state index in [1.165, 1.54) is 4.31 Å². The highest BCUT2D eigenvalue weighted by Crippen LogP contribution is 2.26. The third-order valence-corrected chi connectivity index (χ3v) is 7.32. The number of para-hydroxylation sites is 1. The molecule has 7 heteroatoms. The van der Waals surface area contributed by atoms with Crippen LogP contribution in [0.2, 0.25) is 0 Å². The fraction of sp³-hybridized carbons (Fsp3) is 0.296. The van der Waals surface area contributed by atoms with Crippen molar-refractivity contribution in [3.63, 3.8) is 0 Å². The minimum absolute atomic E-state index is 0.154. The molecule has 0 spiro atoms. The highest BCUT2D eigenvalue weighted by molar-refractivity contribution is 7.92. The Morgan fingerprint density at radius 3 is 2.21 bits per heavy atom. The third kappa shape index (κ3) is 6.38. The zero-order chi connectivity index (χ0) is 24.7. The molecule has 0 saturated heterocycles. The third-order valence-electron chi connectivity index (χ3n) is 5.53. The van der Waals surface area contributed by atoms with Gasteiger partial charge in [-0.2, -0.15) is 0 Å². The first kappa shape index (κ1) is 25.3. The summed E-state index contributed by atoms with van der Waals surface area (Å²) in [6.07, 6.45) is 1.45. The Kier molecular flexibility index (Phi) is 8.34. The number of aryl methyl sites for hydroxylation is 4. The normalized spacial score (nSPS) is 11.2. The zero-order valence-corrected chi connectivity index (χ0v) is 21.0. The fourth-order valence-electron chi connectivity index (χ4n) is 3.85. The smallest absolute Gasteiger partial charge is 0.264 e. The number of nitrogens with one attached hydrogen (secondary N) is 1. The van der Waals surface area contributed by atoms with Crippen molar-refractivity contribution >= 4 is 21.6 Å². The van der Waals surface area contributed by atoms with Crippen LogP contribution in [-0.4, -0.2) is 34.5 Å². The second-order valence-corrected chi connectivity index (χ2v) is 10.3. The summed E-state index contributed by atoms with van der Waals surface area (Å²) < 4.78 is 33.6. The molecule has 0 aliphatic rings. The molecule has 6 nitrogen and oxygen atoms in total. The zero-order valence-electron chi connectivity index (χ0n) is 20.2. The van der Waals surface area contributed by atoms with Crippen LogP contribution in [0.5, 0.6) is 5.75 Å². The topological polar surface area (TPSA) is 75.7 Å². The molecule has 180 valence electrons. The Bertz CT molecular complexity index is 1220. The molecule has 0 aromatic heterocycles. The lowest BCUT2D eigenvalue weighted by Crippen LogP contribution is -2.41. The lowest BCUT2D eigenvalue weighted by atomic mass is 10.1. The van der Waals surface area contributed by atoms with E-state index in [4.69, 9.17) is 4.74 Å². The van der Waals surface area contributed by atoms with Gasteiger partial charge in [0, 0.05) is 6.54 Å². The number of carbonyl (C=O) groups excluding carboxylic acids is 1. The Labute approximate surface area is 202 Å². The summed E-state index contributed by atoms with van der Waals surface area (Å²) in [5, 5.41) is 2.87. The number of hydrogen-bond acceptors (Lipinski definition) is 4. The lowest BCUT2D eigenvalue weighted by Gasteiger charge is -2.25. The highest BCUT2D eigenvalue weighted by atomic mass is 32.2. The molecule has 34 heavy (non-hydrogen) atoms. The van der Waals surface area contributed by atoms with Gasteiger partial charge in [0.2, 0.25) is 5.91 Å². The molecule has 3 aromatic rings. The molecule has 0 bridgehead atoms. The molecule has 0 unspecified atom stereocenters. The van der Waals surface area contributed by atoms with Crippen molar-refractivity contribution in [3.05, 3.63) is 89.0 Å². The summed E-state index contributed by atoms with van der Waals surface area (Å²) in [5.74, 6) is 0.467. The summed E-state index contributed by atoms with van der Waals surface area (Å²) in [6.45, 7) is 5.85. The number of carbonyl (C=O) groups is 1. The molecular weight excluding hydrogens is 448 g/mol. The van der Waals surface area contributed by atoms with Gasteiger partial charge in [0.05, 0.1) is 17.7 Å². The Balaban J connectivity index is 1.74. The van der Waals surface area contributed by atoms with Crippen LogP contribution in [0.3, 0.4) is 0 Å². The second-order valence-electron chi connectivity index (χ2n) is 8.44. The molecule has 3 aromatic carbocycles. The number of nitrogens with zero attached hydrogens (tertiary/aromatic N) is 1. The van der Waals surface area contributed by atoms with E-state index in [2.05, 4.69) is 5.32 Å². The first-order chi connectivity index (χ1) is 16.2. The molecule has 1 N–H and O–H groups in total. The average Bonchev–Trinajstić information content (AvgIpc) is 2.80. The minimum Gasteiger partial charge on any atom is -0.496 e. The van der Waals surface area contributed by atoms with Crippen molar-refractivity contribution < 1.29 is 17.9 Å². The molecular formula is C27H32N2O4S. The molecule has 0 heterocycles. The number of ether oxygens (including phenoxy) is 1. The number of anilines is 1. The van der Waals surface area contributed by atoms with E-state index in [0.29, 0.717) is 18.7 Å². The van der Waals surface area contributed by atoms with Crippen molar-refractivity contribution in [2.75, 3.05) is 24.5 Å². The number of benzene rings is 3. The predicted molar refractivity (Wildman–Crippen MR) is 136 cm³/mol. The van der Waals surface area contributed by atoms with Crippen molar-refractivity contribution in [1.29, 1.82) is 0 Å². The number of rotatable bonds is 10. The van der Waals surface area contributed by atoms with E-state index >= 15 is 0 Å². The fourth-order valence-corrected chi connectivity index (χ4v) is 5.25. The Morgan fingerprint density at radius 1 is 0.912 bits per heavy atom. The second kappa shape index (κ2) is 11.2. The molecule has 0 aliphatic heterocycles. The van der Waals surface area contributed by atoms with Gasteiger partial charge in [-0.15, -0.1) is 0 Å². The highest BCUT2D eigenvalue weighted by Gasteiger charge is 2.27. The average molecular weight is 481 g/mol. The quantitative estimate of drug-likeness (QED) is 0.432. The lowest BCUT2D eigenvalue weighted by molar-refractivity contribution is -0.119. The number of hydrogen-bond donors (Lipinski definition) is 1. The Hall–Kier alpha value is -3.32. The molecule has 0 atom stereocenters. The van der Waals surface area contributed by atoms with Crippen LogP contribution in [0.15, 0.2) is 71.6 Å². The molecule has 0 fully saturated rings. The first-order valence-corrected chi connectivity index (χ1v) is 12.7. The van der Waals surface area contributed by atoms with Gasteiger partial charge in [0.15, 0.2) is 0 Å². The first-order valence-electron chi connectivity index (χ1n) is 11.3. The van der Waals surface area contributed by atoms with Crippen LogP contribution in [0.25, 0.3) is 0 Å². The van der Waals surface area contributed by atoms with E-state index in [0.717, 1.165) is 34.4 Å². The summed E-state index contributed by atoms with van der Waals surface area (Å²) in [4.78, 5) is 13.0. The SMILES string of the molecule is COc1ccccc1CCCNC(=O)CN(c1cc(C)cc(C)c1)S(=O)(=O)c1ccc(C)cc1. The van der Waals surface area contributed by atoms with Gasteiger partial charge in [-0.3, -0.25) is 9.10 Å². The molecule has 1 amide bonds. The van der Waals surface area contributed by atoms with E-state index in [-0.39, 0.29) is 17.3 Å². The van der Waals surface area contributed by atoms with Crippen LogP contribution in [0.4, 0.5) is 5.69 Å². The maximum Gasteiger partial charge on any atom is 0.264 e. The summed E-state index contributed by atoms with van der Waals surface area (Å²) in [7, 11) is -2.29. The van der Waals surface area contributed by atoms with Gasteiger partial charge in [0.1, 0.15) is 12.3 Å². The van der Waals surface area contributed by atoms with Crippen molar-refractivity contribution in [2.45, 2.75) is 38.5 Å². The largest absolute Gasteiger partial charge is 0.496 e. The number of methoxy groups -OCH3 is 1. The predicted octanol–water partition coefficient (Wildman–Crippen LogP) is 4.56. The summed E-state index contributed by atoms with van der Waals surface area (Å²) in [5.41, 5.74) is 4.36. The summed E-state index contributed by atoms with van der Waals surface area (Å²) in [6, 6.07) is 20.0. The van der Waals surface area contributed by atoms with Crippen molar-refractivity contribution in [2.24, 2.45) is 0 Å². The van der Waals surface area contributed by atoms with Crippen LogP contribution < -0.4 is 14.4 Å². The van der Waals surface area contributed by atoms with Gasteiger partial charge >= 0.3 is 0 Å². The van der Waals surface area contributed by atoms with Crippen molar-refractivity contribution in [3.8, 4) is 5.75 Å². The van der Waals surface area contributed by atoms with E-state index < -0.39 is 10.0 Å². The standard InChI is InChI=1S/C27H32N2O4S/c1-20-11-13-25(14-12-20)34(31,32)29(24-17-21(2)16-22(3)18-24)19-27(30)28-15-7-9-23-8-5-6-10-26(23)33-4/h5-6,8,10-14,16-18H,7,9,15,19H2,1-4H3,(H,28,30). The minimum atomic E-state index is -3.93.